The number of fused-ring (bicyclic) bond motifs is 1. The van der Waals surface area contributed by atoms with Crippen LogP contribution in [0.3, 0.4) is 0 Å². The topological polar surface area (TPSA) is 72.9 Å². The second-order valence-electron chi connectivity index (χ2n) is 5.76. The molecule has 2 aromatic carbocycles. The Balaban J connectivity index is 2.23. The highest BCUT2D eigenvalue weighted by molar-refractivity contribution is 7.93. The zero-order chi connectivity index (χ0) is 18.2. The van der Waals surface area contributed by atoms with Gasteiger partial charge >= 0.3 is 0 Å². The van der Waals surface area contributed by atoms with Gasteiger partial charge in [0, 0.05) is 18.5 Å². The van der Waals surface area contributed by atoms with Gasteiger partial charge in [-0.05, 0) is 36.8 Å². The molecule has 6 nitrogen and oxygen atoms in total. The van der Waals surface area contributed by atoms with Crippen LogP contribution >= 0.6 is 0 Å². The molecule has 0 spiro atoms. The van der Waals surface area contributed by atoms with Crippen molar-refractivity contribution in [1.82, 2.24) is 0 Å². The quantitative estimate of drug-likeness (QED) is 0.837. The molecule has 2 aromatic rings. The number of ketones is 1. The molecule has 0 N–H and O–H groups in total. The highest BCUT2D eigenvalue weighted by Crippen LogP contribution is 2.40. The predicted molar refractivity (Wildman–Crippen MR) is 94.2 cm³/mol. The number of ether oxygens (including phenoxy) is 2. The number of hydrogen-bond donors (Lipinski definition) is 0. The van der Waals surface area contributed by atoms with E-state index in [1.165, 1.54) is 18.5 Å². The van der Waals surface area contributed by atoms with Gasteiger partial charge in [0.05, 0.1) is 14.2 Å². The molecule has 0 amide bonds. The van der Waals surface area contributed by atoms with Crippen molar-refractivity contribution in [3.63, 3.8) is 0 Å². The van der Waals surface area contributed by atoms with Gasteiger partial charge in [0.15, 0.2) is 5.78 Å². The Hall–Kier alpha value is -2.54. The smallest absolute Gasteiger partial charge is 0.268 e. The molecule has 0 bridgehead atoms. The summed E-state index contributed by atoms with van der Waals surface area (Å²) in [5.41, 5.74) is 1.43. The number of aryl methyl sites for hydroxylation is 1. The fourth-order valence-electron chi connectivity index (χ4n) is 2.96. The van der Waals surface area contributed by atoms with Crippen LogP contribution in [0.25, 0.3) is 0 Å². The molecule has 0 unspecified atom stereocenters. The van der Waals surface area contributed by atoms with E-state index in [9.17, 15) is 13.2 Å². The molecule has 0 aliphatic carbocycles. The van der Waals surface area contributed by atoms with Crippen LogP contribution < -0.4 is 13.8 Å². The largest absolute Gasteiger partial charge is 0.495 e. The fourth-order valence-corrected chi connectivity index (χ4v) is 4.70. The van der Waals surface area contributed by atoms with Crippen molar-refractivity contribution in [2.24, 2.45) is 0 Å². The van der Waals surface area contributed by atoms with E-state index in [2.05, 4.69) is 0 Å². The summed E-state index contributed by atoms with van der Waals surface area (Å²) >= 11 is 0. The van der Waals surface area contributed by atoms with Crippen LogP contribution in [0, 0.1) is 6.92 Å². The Labute approximate surface area is 147 Å². The van der Waals surface area contributed by atoms with Crippen LogP contribution in [-0.4, -0.2) is 35.0 Å². The van der Waals surface area contributed by atoms with Gasteiger partial charge in [0.2, 0.25) is 0 Å². The first-order chi connectivity index (χ1) is 11.9. The second-order valence-corrected chi connectivity index (χ2v) is 7.59. The normalized spacial score (nSPS) is 14.2. The van der Waals surface area contributed by atoms with Crippen molar-refractivity contribution in [3.05, 3.63) is 47.5 Å². The minimum absolute atomic E-state index is 0.0611. The van der Waals surface area contributed by atoms with Crippen molar-refractivity contribution in [3.8, 4) is 11.5 Å². The van der Waals surface area contributed by atoms with Gasteiger partial charge in [-0.1, -0.05) is 12.1 Å². The molecule has 0 saturated heterocycles. The molecule has 1 heterocycles. The van der Waals surface area contributed by atoms with Crippen LogP contribution in [0.15, 0.2) is 41.3 Å². The number of Topliss-reactive ketones (excluding diaryl/α,β-unsaturated/α-hetero) is 1. The summed E-state index contributed by atoms with van der Waals surface area (Å²) in [5.74, 6) is 0.510. The van der Waals surface area contributed by atoms with Crippen LogP contribution in [0.4, 0.5) is 5.69 Å². The SMILES string of the molecule is COc1ccc(C)cc1S(=O)(=O)N1CCC(=O)c2cccc(OC)c21. The molecule has 1 aliphatic rings. The average molecular weight is 361 g/mol. The lowest BCUT2D eigenvalue weighted by Gasteiger charge is -2.31. The van der Waals surface area contributed by atoms with Gasteiger partial charge in [-0.15, -0.1) is 0 Å². The van der Waals surface area contributed by atoms with Gasteiger partial charge in [-0.3, -0.25) is 9.10 Å². The summed E-state index contributed by atoms with van der Waals surface area (Å²) in [6, 6.07) is 9.92. The van der Waals surface area contributed by atoms with E-state index < -0.39 is 10.0 Å². The Bertz CT molecular complexity index is 936. The van der Waals surface area contributed by atoms with Gasteiger partial charge in [-0.25, -0.2) is 8.42 Å². The Morgan fingerprint density at radius 3 is 2.44 bits per heavy atom. The van der Waals surface area contributed by atoms with Crippen molar-refractivity contribution in [2.45, 2.75) is 18.2 Å². The molecule has 1 aliphatic heterocycles. The van der Waals surface area contributed by atoms with E-state index in [1.54, 1.807) is 36.4 Å². The van der Waals surface area contributed by atoms with Crippen molar-refractivity contribution >= 4 is 21.5 Å². The van der Waals surface area contributed by atoms with Gasteiger partial charge in [0.25, 0.3) is 10.0 Å². The van der Waals surface area contributed by atoms with Gasteiger partial charge < -0.3 is 9.47 Å². The maximum absolute atomic E-state index is 13.3. The van der Waals surface area contributed by atoms with Crippen LogP contribution in [0.5, 0.6) is 11.5 Å². The van der Waals surface area contributed by atoms with E-state index in [1.807, 2.05) is 6.92 Å². The lowest BCUT2D eigenvalue weighted by atomic mass is 10.0. The monoisotopic (exact) mass is 361 g/mol. The van der Waals surface area contributed by atoms with E-state index >= 15 is 0 Å². The first kappa shape index (κ1) is 17.3. The number of benzene rings is 2. The predicted octanol–water partition coefficient (Wildman–Crippen LogP) is 2.79. The third-order valence-corrected chi connectivity index (χ3v) is 6.02. The lowest BCUT2D eigenvalue weighted by molar-refractivity contribution is 0.0981. The number of nitrogens with zero attached hydrogens (tertiary/aromatic N) is 1. The molecule has 7 heteroatoms. The number of carbonyl (C=O) groups excluding carboxylic acids is 1. The molecule has 0 saturated carbocycles. The highest BCUT2D eigenvalue weighted by atomic mass is 32.2. The standard InChI is InChI=1S/C18H19NO5S/c1-12-7-8-15(23-2)17(11-12)25(21,22)19-10-9-14(20)13-5-4-6-16(24-3)18(13)19/h4-8,11H,9-10H2,1-3H3. The van der Waals surface area contributed by atoms with E-state index in [0.29, 0.717) is 11.3 Å². The molecule has 0 atom stereocenters. The summed E-state index contributed by atoms with van der Waals surface area (Å²) in [5, 5.41) is 0. The number of para-hydroxylation sites is 1. The summed E-state index contributed by atoms with van der Waals surface area (Å²) in [6.07, 6.45) is 0.119. The van der Waals surface area contributed by atoms with Crippen molar-refractivity contribution in [2.75, 3.05) is 25.1 Å². The van der Waals surface area contributed by atoms with Gasteiger partial charge in [-0.2, -0.15) is 0 Å². The molecule has 132 valence electrons. The van der Waals surface area contributed by atoms with E-state index in [0.717, 1.165) is 5.56 Å². The summed E-state index contributed by atoms with van der Waals surface area (Å²) < 4.78 is 38.5. The molecular weight excluding hydrogens is 342 g/mol. The Morgan fingerprint density at radius 1 is 1.04 bits per heavy atom. The Morgan fingerprint density at radius 2 is 1.76 bits per heavy atom. The van der Waals surface area contributed by atoms with Gasteiger partial charge in [0.1, 0.15) is 22.1 Å². The highest BCUT2D eigenvalue weighted by Gasteiger charge is 2.36. The third-order valence-electron chi connectivity index (χ3n) is 4.20. The first-order valence-electron chi connectivity index (χ1n) is 7.77. The van der Waals surface area contributed by atoms with Crippen molar-refractivity contribution < 1.29 is 22.7 Å². The molecule has 0 fully saturated rings. The molecule has 3 rings (SSSR count). The molecule has 25 heavy (non-hydrogen) atoms. The number of sulfonamides is 1. The van der Waals surface area contributed by atoms with Crippen molar-refractivity contribution in [1.29, 1.82) is 0 Å². The van der Waals surface area contributed by atoms with Crippen LogP contribution in [0.2, 0.25) is 0 Å². The Kier molecular flexibility index (Phi) is 4.43. The molecule has 0 aromatic heterocycles. The first-order valence-corrected chi connectivity index (χ1v) is 9.21. The maximum Gasteiger partial charge on any atom is 0.268 e. The molecule has 0 radical (unpaired) electrons. The van der Waals surface area contributed by atoms with Crippen LogP contribution in [-0.2, 0) is 10.0 Å². The summed E-state index contributed by atoms with van der Waals surface area (Å²) in [6.45, 7) is 1.87. The fraction of sp³-hybridized carbons (Fsp3) is 0.278. The lowest BCUT2D eigenvalue weighted by Crippen LogP contribution is -2.38. The summed E-state index contributed by atoms with van der Waals surface area (Å²) in [4.78, 5) is 12.3. The zero-order valence-electron chi connectivity index (χ0n) is 14.3. The zero-order valence-corrected chi connectivity index (χ0v) is 15.1. The number of anilines is 1. The number of methoxy groups -OCH3 is 2. The maximum atomic E-state index is 13.3. The molecular formula is C18H19NO5S. The number of rotatable bonds is 4. The number of carbonyl (C=O) groups is 1. The van der Waals surface area contributed by atoms with E-state index in [-0.39, 0.29) is 35.1 Å². The third kappa shape index (κ3) is 2.84. The van der Waals surface area contributed by atoms with E-state index in [4.69, 9.17) is 9.47 Å². The summed E-state index contributed by atoms with van der Waals surface area (Å²) in [7, 11) is -1.04. The second kappa shape index (κ2) is 6.40. The average Bonchev–Trinajstić information content (AvgIpc) is 2.61. The number of hydrogen-bond acceptors (Lipinski definition) is 5. The minimum atomic E-state index is -3.92. The minimum Gasteiger partial charge on any atom is -0.495 e. The van der Waals surface area contributed by atoms with Crippen LogP contribution in [0.1, 0.15) is 22.3 Å².